The molecule has 0 bridgehead atoms. The Morgan fingerprint density at radius 2 is 1.68 bits per heavy atom. The molecule has 0 fully saturated rings. The Balaban J connectivity index is 1.69. The lowest BCUT2D eigenvalue weighted by Gasteiger charge is -2.08. The number of aromatic nitrogens is 2. The Labute approximate surface area is 132 Å². The van der Waals surface area contributed by atoms with E-state index in [1.165, 1.54) is 63.4 Å². The number of benzene rings is 1. The van der Waals surface area contributed by atoms with Gasteiger partial charge in [-0.1, -0.05) is 51.9 Å². The van der Waals surface area contributed by atoms with Crippen LogP contribution in [0.1, 0.15) is 58.3 Å². The van der Waals surface area contributed by atoms with E-state index in [1.807, 2.05) is 0 Å². The van der Waals surface area contributed by atoms with Gasteiger partial charge < -0.3 is 5.32 Å². The highest BCUT2D eigenvalue weighted by Crippen LogP contribution is 2.20. The first-order valence-corrected chi connectivity index (χ1v) is 8.45. The highest BCUT2D eigenvalue weighted by atomic mass is 19.1. The van der Waals surface area contributed by atoms with Gasteiger partial charge in [-0.3, -0.25) is 0 Å². The normalized spacial score (nSPS) is 11.0. The molecule has 1 aromatic heterocycles. The number of hydrogen-bond donors (Lipinski definition) is 1. The first-order valence-electron chi connectivity index (χ1n) is 8.45. The molecule has 2 aromatic rings. The molecule has 22 heavy (non-hydrogen) atoms. The maximum Gasteiger partial charge on any atom is 0.137 e. The summed E-state index contributed by atoms with van der Waals surface area (Å²) in [5.41, 5.74) is 0.647. The second-order valence-electron chi connectivity index (χ2n) is 5.79. The topological polar surface area (TPSA) is 37.8 Å². The van der Waals surface area contributed by atoms with E-state index in [-0.39, 0.29) is 5.82 Å². The van der Waals surface area contributed by atoms with Gasteiger partial charge in [0.05, 0.1) is 5.52 Å². The van der Waals surface area contributed by atoms with E-state index in [0.717, 1.165) is 24.2 Å². The number of nitrogens with zero attached hydrogens (tertiary/aromatic N) is 2. The molecule has 0 aliphatic rings. The highest BCUT2D eigenvalue weighted by molar-refractivity contribution is 5.88. The van der Waals surface area contributed by atoms with E-state index in [4.69, 9.17) is 0 Å². The van der Waals surface area contributed by atoms with E-state index in [2.05, 4.69) is 22.2 Å². The van der Waals surface area contributed by atoms with Crippen molar-refractivity contribution in [3.63, 3.8) is 0 Å². The fraction of sp³-hybridized carbons (Fsp3) is 0.556. The maximum atomic E-state index is 13.2. The molecule has 4 heteroatoms. The number of anilines is 1. The van der Waals surface area contributed by atoms with Crippen molar-refractivity contribution in [1.82, 2.24) is 9.97 Å². The van der Waals surface area contributed by atoms with Crippen LogP contribution in [0.5, 0.6) is 0 Å². The van der Waals surface area contributed by atoms with Gasteiger partial charge in [-0.15, -0.1) is 0 Å². The fourth-order valence-corrected chi connectivity index (χ4v) is 2.64. The van der Waals surface area contributed by atoms with Gasteiger partial charge in [0.2, 0.25) is 0 Å². The SMILES string of the molecule is CCCCCCCCCCNc1ncnc2cc(F)ccc12. The van der Waals surface area contributed by atoms with Gasteiger partial charge >= 0.3 is 0 Å². The van der Waals surface area contributed by atoms with Crippen LogP contribution in [0, 0.1) is 5.82 Å². The average molecular weight is 303 g/mol. The van der Waals surface area contributed by atoms with Gasteiger partial charge in [0.1, 0.15) is 18.0 Å². The minimum Gasteiger partial charge on any atom is -0.369 e. The molecule has 0 unspecified atom stereocenters. The second-order valence-corrected chi connectivity index (χ2v) is 5.79. The molecular weight excluding hydrogens is 277 g/mol. The number of halogens is 1. The second kappa shape index (κ2) is 9.34. The zero-order chi connectivity index (χ0) is 15.6. The molecule has 0 saturated heterocycles. The number of nitrogens with one attached hydrogen (secondary N) is 1. The minimum absolute atomic E-state index is 0.264. The van der Waals surface area contributed by atoms with Crippen LogP contribution >= 0.6 is 0 Å². The Morgan fingerprint density at radius 1 is 0.955 bits per heavy atom. The molecule has 0 atom stereocenters. The van der Waals surface area contributed by atoms with Crippen molar-refractivity contribution in [3.8, 4) is 0 Å². The van der Waals surface area contributed by atoms with E-state index in [0.29, 0.717) is 5.52 Å². The van der Waals surface area contributed by atoms with Crippen molar-refractivity contribution in [1.29, 1.82) is 0 Å². The van der Waals surface area contributed by atoms with Crippen LogP contribution in [0.4, 0.5) is 10.2 Å². The molecule has 0 radical (unpaired) electrons. The number of unbranched alkanes of at least 4 members (excludes halogenated alkanes) is 7. The molecule has 3 nitrogen and oxygen atoms in total. The van der Waals surface area contributed by atoms with Crippen LogP contribution in [0.2, 0.25) is 0 Å². The largest absolute Gasteiger partial charge is 0.369 e. The Kier molecular flexibility index (Phi) is 7.07. The van der Waals surface area contributed by atoms with Crippen LogP contribution in [0.3, 0.4) is 0 Å². The minimum atomic E-state index is -0.264. The smallest absolute Gasteiger partial charge is 0.137 e. The monoisotopic (exact) mass is 303 g/mol. The quantitative estimate of drug-likeness (QED) is 0.603. The molecule has 1 heterocycles. The summed E-state index contributed by atoms with van der Waals surface area (Å²) in [5.74, 6) is 0.535. The molecule has 0 saturated carbocycles. The summed E-state index contributed by atoms with van der Waals surface area (Å²) in [4.78, 5) is 8.36. The lowest BCUT2D eigenvalue weighted by Crippen LogP contribution is -2.04. The van der Waals surface area contributed by atoms with Crippen LogP contribution in [0.25, 0.3) is 10.9 Å². The van der Waals surface area contributed by atoms with Crippen molar-refractivity contribution in [2.45, 2.75) is 58.3 Å². The van der Waals surface area contributed by atoms with Crippen molar-refractivity contribution in [2.75, 3.05) is 11.9 Å². The summed E-state index contributed by atoms with van der Waals surface area (Å²) in [6.45, 7) is 3.15. The molecular formula is C18H26FN3. The summed E-state index contributed by atoms with van der Waals surface area (Å²) < 4.78 is 13.2. The molecule has 0 amide bonds. The lowest BCUT2D eigenvalue weighted by atomic mass is 10.1. The van der Waals surface area contributed by atoms with E-state index >= 15 is 0 Å². The Bertz CT molecular complexity index is 571. The highest BCUT2D eigenvalue weighted by Gasteiger charge is 2.03. The third-order valence-corrected chi connectivity index (χ3v) is 3.92. The Hall–Kier alpha value is -1.71. The maximum absolute atomic E-state index is 13.2. The van der Waals surface area contributed by atoms with Crippen LogP contribution in [0.15, 0.2) is 24.5 Å². The molecule has 0 spiro atoms. The molecule has 0 aliphatic heterocycles. The van der Waals surface area contributed by atoms with Gasteiger partial charge in [0, 0.05) is 18.0 Å². The van der Waals surface area contributed by atoms with Gasteiger partial charge in [-0.05, 0) is 18.6 Å². The van der Waals surface area contributed by atoms with Crippen molar-refractivity contribution in [3.05, 3.63) is 30.3 Å². The third kappa shape index (κ3) is 5.24. The predicted molar refractivity (Wildman–Crippen MR) is 90.6 cm³/mol. The van der Waals surface area contributed by atoms with Gasteiger partial charge in [0.25, 0.3) is 0 Å². The van der Waals surface area contributed by atoms with Gasteiger partial charge in [-0.2, -0.15) is 0 Å². The van der Waals surface area contributed by atoms with E-state index in [1.54, 1.807) is 6.07 Å². The lowest BCUT2D eigenvalue weighted by molar-refractivity contribution is 0.581. The summed E-state index contributed by atoms with van der Waals surface area (Å²) in [5, 5.41) is 4.22. The average Bonchev–Trinajstić information content (AvgIpc) is 2.53. The fourth-order valence-electron chi connectivity index (χ4n) is 2.64. The first-order chi connectivity index (χ1) is 10.8. The number of fused-ring (bicyclic) bond motifs is 1. The van der Waals surface area contributed by atoms with Gasteiger partial charge in [-0.25, -0.2) is 14.4 Å². The third-order valence-electron chi connectivity index (χ3n) is 3.92. The molecule has 0 aliphatic carbocycles. The van der Waals surface area contributed by atoms with E-state index in [9.17, 15) is 4.39 Å². The molecule has 120 valence electrons. The summed E-state index contributed by atoms with van der Waals surface area (Å²) in [7, 11) is 0. The molecule has 1 N–H and O–H groups in total. The van der Waals surface area contributed by atoms with Crippen LogP contribution < -0.4 is 5.32 Å². The zero-order valence-electron chi connectivity index (χ0n) is 13.4. The van der Waals surface area contributed by atoms with Gasteiger partial charge in [0.15, 0.2) is 0 Å². The predicted octanol–water partition coefficient (Wildman–Crippen LogP) is 5.32. The van der Waals surface area contributed by atoms with Crippen LogP contribution in [-0.2, 0) is 0 Å². The first kappa shape index (κ1) is 16.7. The molecule has 1 aromatic carbocycles. The van der Waals surface area contributed by atoms with Crippen molar-refractivity contribution < 1.29 is 4.39 Å². The van der Waals surface area contributed by atoms with E-state index < -0.39 is 0 Å². The number of hydrogen-bond acceptors (Lipinski definition) is 3. The zero-order valence-corrected chi connectivity index (χ0v) is 13.4. The standard InChI is InChI=1S/C18H26FN3/c1-2-3-4-5-6-7-8-9-12-20-18-16-11-10-15(19)13-17(16)21-14-22-18/h10-11,13-14H,2-9,12H2,1H3,(H,20,21,22). The van der Waals surface area contributed by atoms with Crippen molar-refractivity contribution >= 4 is 16.7 Å². The number of rotatable bonds is 10. The summed E-state index contributed by atoms with van der Waals surface area (Å²) in [6, 6.07) is 4.63. The summed E-state index contributed by atoms with van der Waals surface area (Å²) in [6.07, 6.45) is 11.9. The van der Waals surface area contributed by atoms with Crippen LogP contribution in [-0.4, -0.2) is 16.5 Å². The molecule has 2 rings (SSSR count). The Morgan fingerprint density at radius 3 is 2.45 bits per heavy atom. The van der Waals surface area contributed by atoms with Crippen molar-refractivity contribution in [2.24, 2.45) is 0 Å². The summed E-state index contributed by atoms with van der Waals surface area (Å²) >= 11 is 0.